The molecule has 0 bridgehead atoms. The van der Waals surface area contributed by atoms with Crippen molar-refractivity contribution >= 4 is 7.85 Å². The van der Waals surface area contributed by atoms with Gasteiger partial charge in [-0.05, 0) is 39.7 Å². The Bertz CT molecular complexity index is 177. The predicted octanol–water partition coefficient (Wildman–Crippen LogP) is 1.31. The molecule has 1 aliphatic rings. The molecule has 0 aromatic rings. The van der Waals surface area contributed by atoms with Crippen molar-refractivity contribution in [3.8, 4) is 0 Å². The van der Waals surface area contributed by atoms with E-state index in [1.54, 1.807) is 0 Å². The van der Waals surface area contributed by atoms with Crippen molar-refractivity contribution < 1.29 is 0 Å². The van der Waals surface area contributed by atoms with Crippen LogP contribution in [0.3, 0.4) is 0 Å². The minimum Gasteiger partial charge on any atom is -0.307 e. The van der Waals surface area contributed by atoms with Gasteiger partial charge in [-0.1, -0.05) is 6.92 Å². The molecule has 0 aromatic carbocycles. The first-order valence-corrected chi connectivity index (χ1v) is 5.70. The number of hydrogen-bond donors (Lipinski definition) is 0. The maximum absolute atomic E-state index is 6.14. The van der Waals surface area contributed by atoms with Crippen LogP contribution < -0.4 is 0 Å². The molecule has 1 saturated heterocycles. The zero-order valence-electron chi connectivity index (χ0n) is 10.1. The second-order valence-electron chi connectivity index (χ2n) is 5.22. The Hall–Kier alpha value is -0.0151. The van der Waals surface area contributed by atoms with Crippen LogP contribution in [0, 0.1) is 0 Å². The second kappa shape index (κ2) is 4.67. The SMILES string of the molecule is [B]C1CN(C(C)(C)C)CCN1CCC. The predicted molar refractivity (Wildman–Crippen MR) is 62.7 cm³/mol. The summed E-state index contributed by atoms with van der Waals surface area (Å²) in [5.41, 5.74) is 0.260. The van der Waals surface area contributed by atoms with Crippen LogP contribution >= 0.6 is 0 Å². The van der Waals surface area contributed by atoms with Crippen LogP contribution in [0.2, 0.25) is 0 Å². The van der Waals surface area contributed by atoms with Crippen LogP contribution in [-0.2, 0) is 0 Å². The van der Waals surface area contributed by atoms with Gasteiger partial charge in [0.1, 0.15) is 0 Å². The lowest BCUT2D eigenvalue weighted by molar-refractivity contribution is 0.0487. The van der Waals surface area contributed by atoms with E-state index in [2.05, 4.69) is 37.5 Å². The molecule has 0 N–H and O–H groups in total. The van der Waals surface area contributed by atoms with E-state index in [4.69, 9.17) is 7.85 Å². The molecule has 1 rings (SSSR count). The Morgan fingerprint density at radius 3 is 2.36 bits per heavy atom. The molecule has 2 nitrogen and oxygen atoms in total. The van der Waals surface area contributed by atoms with Crippen LogP contribution in [0.5, 0.6) is 0 Å². The maximum Gasteiger partial charge on any atom is 0.0928 e. The molecule has 2 radical (unpaired) electrons. The third-order valence-electron chi connectivity index (χ3n) is 2.99. The van der Waals surface area contributed by atoms with Crippen LogP contribution in [0.4, 0.5) is 0 Å². The summed E-state index contributed by atoms with van der Waals surface area (Å²) in [5.74, 6) is 0.225. The molecule has 0 spiro atoms. The summed E-state index contributed by atoms with van der Waals surface area (Å²) in [6, 6.07) is 0. The molecule has 1 unspecified atom stereocenters. The quantitative estimate of drug-likeness (QED) is 0.611. The summed E-state index contributed by atoms with van der Waals surface area (Å²) in [6.45, 7) is 13.4. The van der Waals surface area contributed by atoms with E-state index in [9.17, 15) is 0 Å². The molecule has 1 fully saturated rings. The number of piperazine rings is 1. The lowest BCUT2D eigenvalue weighted by atomic mass is 9.89. The van der Waals surface area contributed by atoms with Gasteiger partial charge in [-0.15, -0.1) is 0 Å². The van der Waals surface area contributed by atoms with Gasteiger partial charge in [0.2, 0.25) is 0 Å². The molecule has 1 heterocycles. The molecular formula is C11H23BN2. The molecule has 1 atom stereocenters. The monoisotopic (exact) mass is 194 g/mol. The van der Waals surface area contributed by atoms with Gasteiger partial charge in [-0.3, -0.25) is 4.90 Å². The van der Waals surface area contributed by atoms with Crippen molar-refractivity contribution in [3.05, 3.63) is 0 Å². The van der Waals surface area contributed by atoms with E-state index < -0.39 is 0 Å². The van der Waals surface area contributed by atoms with Crippen molar-refractivity contribution in [2.45, 2.75) is 45.6 Å². The molecular weight excluding hydrogens is 171 g/mol. The summed E-state index contributed by atoms with van der Waals surface area (Å²) in [5, 5.41) is 0. The summed E-state index contributed by atoms with van der Waals surface area (Å²) in [6.07, 6.45) is 1.20. The third-order valence-corrected chi connectivity index (χ3v) is 2.99. The van der Waals surface area contributed by atoms with Crippen LogP contribution in [0.15, 0.2) is 0 Å². The number of nitrogens with zero attached hydrogens (tertiary/aromatic N) is 2. The van der Waals surface area contributed by atoms with E-state index in [-0.39, 0.29) is 11.5 Å². The van der Waals surface area contributed by atoms with Gasteiger partial charge >= 0.3 is 0 Å². The Kier molecular flexibility index (Phi) is 4.02. The second-order valence-corrected chi connectivity index (χ2v) is 5.22. The van der Waals surface area contributed by atoms with Crippen LogP contribution in [0.1, 0.15) is 34.1 Å². The van der Waals surface area contributed by atoms with Crippen molar-refractivity contribution in [3.63, 3.8) is 0 Å². The van der Waals surface area contributed by atoms with Crippen molar-refractivity contribution in [2.75, 3.05) is 26.2 Å². The van der Waals surface area contributed by atoms with Crippen LogP contribution in [-0.4, -0.2) is 55.3 Å². The Morgan fingerprint density at radius 2 is 1.93 bits per heavy atom. The highest BCUT2D eigenvalue weighted by Gasteiger charge is 2.28. The zero-order valence-corrected chi connectivity index (χ0v) is 10.1. The smallest absolute Gasteiger partial charge is 0.0928 e. The minimum atomic E-state index is 0.225. The largest absolute Gasteiger partial charge is 0.307 e. The Balaban J connectivity index is 2.46. The van der Waals surface area contributed by atoms with E-state index in [0.29, 0.717) is 0 Å². The summed E-state index contributed by atoms with van der Waals surface area (Å²) in [4.78, 5) is 4.87. The highest BCUT2D eigenvalue weighted by Crippen LogP contribution is 2.18. The fourth-order valence-corrected chi connectivity index (χ4v) is 2.02. The van der Waals surface area contributed by atoms with E-state index in [1.165, 1.54) is 6.42 Å². The van der Waals surface area contributed by atoms with Gasteiger partial charge in [0.25, 0.3) is 0 Å². The lowest BCUT2D eigenvalue weighted by Crippen LogP contribution is -2.58. The van der Waals surface area contributed by atoms with E-state index in [0.717, 1.165) is 26.2 Å². The lowest BCUT2D eigenvalue weighted by Gasteiger charge is -2.46. The van der Waals surface area contributed by atoms with Crippen molar-refractivity contribution in [2.24, 2.45) is 0 Å². The molecule has 0 amide bonds. The first-order chi connectivity index (χ1) is 6.45. The van der Waals surface area contributed by atoms with Gasteiger partial charge < -0.3 is 4.90 Å². The fourth-order valence-electron chi connectivity index (χ4n) is 2.02. The van der Waals surface area contributed by atoms with Gasteiger partial charge in [0.05, 0.1) is 7.85 Å². The minimum absolute atomic E-state index is 0.225. The molecule has 3 heteroatoms. The van der Waals surface area contributed by atoms with Gasteiger partial charge in [0.15, 0.2) is 0 Å². The zero-order chi connectivity index (χ0) is 10.8. The molecule has 0 aliphatic carbocycles. The molecule has 0 saturated carbocycles. The highest BCUT2D eigenvalue weighted by atomic mass is 15.3. The molecule has 14 heavy (non-hydrogen) atoms. The number of hydrogen-bond acceptors (Lipinski definition) is 2. The molecule has 0 aromatic heterocycles. The highest BCUT2D eigenvalue weighted by molar-refractivity contribution is 6.11. The normalized spacial score (nSPS) is 26.7. The first kappa shape index (κ1) is 12.1. The molecule has 1 aliphatic heterocycles. The average molecular weight is 194 g/mol. The van der Waals surface area contributed by atoms with E-state index >= 15 is 0 Å². The van der Waals surface area contributed by atoms with Gasteiger partial charge in [-0.2, -0.15) is 0 Å². The first-order valence-electron chi connectivity index (χ1n) is 5.70. The standard InChI is InChI=1S/C11H23BN2/c1-5-6-13-7-8-14(9-10(13)12)11(2,3)4/h10H,5-9H2,1-4H3. The van der Waals surface area contributed by atoms with Crippen molar-refractivity contribution in [1.29, 1.82) is 0 Å². The topological polar surface area (TPSA) is 6.48 Å². The maximum atomic E-state index is 6.14. The molecule has 80 valence electrons. The third kappa shape index (κ3) is 2.99. The van der Waals surface area contributed by atoms with Crippen LogP contribution in [0.25, 0.3) is 0 Å². The van der Waals surface area contributed by atoms with Gasteiger partial charge in [-0.25, -0.2) is 0 Å². The van der Waals surface area contributed by atoms with Gasteiger partial charge in [0, 0.05) is 25.2 Å². The summed E-state index contributed by atoms with van der Waals surface area (Å²) >= 11 is 0. The number of rotatable bonds is 2. The fraction of sp³-hybridized carbons (Fsp3) is 1.00. The van der Waals surface area contributed by atoms with Crippen molar-refractivity contribution in [1.82, 2.24) is 9.80 Å². The summed E-state index contributed by atoms with van der Waals surface area (Å²) in [7, 11) is 6.14. The van der Waals surface area contributed by atoms with E-state index in [1.807, 2.05) is 0 Å². The Labute approximate surface area is 90.1 Å². The Morgan fingerprint density at radius 1 is 1.29 bits per heavy atom. The average Bonchev–Trinajstić information content (AvgIpc) is 2.07. The summed E-state index contributed by atoms with van der Waals surface area (Å²) < 4.78 is 0.